The first kappa shape index (κ1) is 16.2. The van der Waals surface area contributed by atoms with Gasteiger partial charge in [-0.2, -0.15) is 10.1 Å². The third kappa shape index (κ3) is 3.63. The van der Waals surface area contributed by atoms with Crippen molar-refractivity contribution in [2.24, 2.45) is 5.92 Å². The van der Waals surface area contributed by atoms with Gasteiger partial charge in [0.2, 0.25) is 5.88 Å². The Hall–Kier alpha value is -2.96. The summed E-state index contributed by atoms with van der Waals surface area (Å²) in [6.45, 7) is 2.69. The molecule has 7 heteroatoms. The minimum Gasteiger partial charge on any atom is -0.477 e. The molecule has 0 N–H and O–H groups in total. The van der Waals surface area contributed by atoms with E-state index in [0.29, 0.717) is 24.3 Å². The molecular weight excluding hydrogens is 340 g/mol. The van der Waals surface area contributed by atoms with Crippen LogP contribution in [0, 0.1) is 5.92 Å². The van der Waals surface area contributed by atoms with Gasteiger partial charge in [-0.3, -0.25) is 0 Å². The van der Waals surface area contributed by atoms with Crippen molar-refractivity contribution in [1.82, 2.24) is 24.7 Å². The standard InChI is InChI=1S/C20H22N6O/c1-8-23-26(10-1)18-5-4-17(12-22-18)25-11-7-15(13-25)14-27-19-6-9-21-20(24-19)16-2-3-16/h1,4-6,8-10,12,15-16H,2-3,7,11,13-14H2/t15-/m0/s1. The SMILES string of the molecule is c1cnn(-c2ccc(N3CC[C@H](COc4ccnc(C5CC5)n4)C3)cn2)c1. The second-order valence-electron chi connectivity index (χ2n) is 7.26. The van der Waals surface area contributed by atoms with Gasteiger partial charge in [0.1, 0.15) is 5.82 Å². The number of ether oxygens (including phenoxy) is 1. The van der Waals surface area contributed by atoms with Crippen LogP contribution in [0.4, 0.5) is 5.69 Å². The summed E-state index contributed by atoms with van der Waals surface area (Å²) in [5.74, 6) is 3.51. The molecule has 138 valence electrons. The van der Waals surface area contributed by atoms with Crippen LogP contribution in [0.25, 0.3) is 5.82 Å². The normalized spacial score (nSPS) is 19.4. The summed E-state index contributed by atoms with van der Waals surface area (Å²) < 4.78 is 7.72. The summed E-state index contributed by atoms with van der Waals surface area (Å²) >= 11 is 0. The molecule has 4 heterocycles. The van der Waals surface area contributed by atoms with Crippen molar-refractivity contribution in [1.29, 1.82) is 0 Å². The average Bonchev–Trinajstić information content (AvgIpc) is 3.22. The van der Waals surface area contributed by atoms with Crippen molar-refractivity contribution in [2.75, 3.05) is 24.6 Å². The van der Waals surface area contributed by atoms with Crippen LogP contribution in [0.5, 0.6) is 5.88 Å². The van der Waals surface area contributed by atoms with Gasteiger partial charge in [-0.25, -0.2) is 14.6 Å². The van der Waals surface area contributed by atoms with Crippen molar-refractivity contribution in [2.45, 2.75) is 25.2 Å². The lowest BCUT2D eigenvalue weighted by Gasteiger charge is -2.18. The van der Waals surface area contributed by atoms with Gasteiger partial charge in [0.25, 0.3) is 0 Å². The molecule has 0 amide bonds. The molecule has 1 saturated carbocycles. The lowest BCUT2D eigenvalue weighted by atomic mass is 10.1. The molecule has 0 radical (unpaired) electrons. The minimum atomic E-state index is 0.495. The van der Waals surface area contributed by atoms with Crippen molar-refractivity contribution < 1.29 is 4.74 Å². The van der Waals surface area contributed by atoms with Crippen molar-refractivity contribution in [3.8, 4) is 11.7 Å². The van der Waals surface area contributed by atoms with E-state index in [4.69, 9.17) is 4.74 Å². The highest BCUT2D eigenvalue weighted by Gasteiger charge is 2.27. The molecule has 7 nitrogen and oxygen atoms in total. The Bertz CT molecular complexity index is 891. The Kier molecular flexibility index (Phi) is 4.20. The molecule has 1 atom stereocenters. The van der Waals surface area contributed by atoms with Gasteiger partial charge in [-0.05, 0) is 37.5 Å². The number of hydrogen-bond acceptors (Lipinski definition) is 6. The van der Waals surface area contributed by atoms with Crippen LogP contribution in [0.2, 0.25) is 0 Å². The molecule has 0 bridgehead atoms. The Morgan fingerprint density at radius 1 is 1.07 bits per heavy atom. The fourth-order valence-electron chi connectivity index (χ4n) is 3.49. The van der Waals surface area contributed by atoms with Crippen molar-refractivity contribution >= 4 is 5.69 Å². The van der Waals surface area contributed by atoms with Gasteiger partial charge in [0.05, 0.1) is 18.5 Å². The summed E-state index contributed by atoms with van der Waals surface area (Å²) in [6, 6.07) is 7.87. The van der Waals surface area contributed by atoms with Gasteiger partial charge >= 0.3 is 0 Å². The van der Waals surface area contributed by atoms with Gasteiger partial charge < -0.3 is 9.64 Å². The zero-order valence-electron chi connectivity index (χ0n) is 15.1. The first-order chi connectivity index (χ1) is 13.3. The summed E-state index contributed by atoms with van der Waals surface area (Å²) in [4.78, 5) is 15.8. The number of hydrogen-bond donors (Lipinski definition) is 0. The molecule has 0 spiro atoms. The topological polar surface area (TPSA) is 69.0 Å². The van der Waals surface area contributed by atoms with E-state index < -0.39 is 0 Å². The lowest BCUT2D eigenvalue weighted by molar-refractivity contribution is 0.251. The van der Waals surface area contributed by atoms with Crippen LogP contribution in [0.3, 0.4) is 0 Å². The Labute approximate surface area is 158 Å². The Balaban J connectivity index is 1.17. The smallest absolute Gasteiger partial charge is 0.216 e. The van der Waals surface area contributed by atoms with E-state index in [1.165, 1.54) is 12.8 Å². The monoisotopic (exact) mass is 362 g/mol. The first-order valence-corrected chi connectivity index (χ1v) is 9.52. The van der Waals surface area contributed by atoms with Crippen LogP contribution < -0.4 is 9.64 Å². The number of aromatic nitrogens is 5. The van der Waals surface area contributed by atoms with Gasteiger partial charge in [-0.1, -0.05) is 0 Å². The zero-order valence-corrected chi connectivity index (χ0v) is 15.1. The maximum absolute atomic E-state index is 5.96. The maximum Gasteiger partial charge on any atom is 0.216 e. The average molecular weight is 362 g/mol. The van der Waals surface area contributed by atoms with Crippen LogP contribution >= 0.6 is 0 Å². The number of pyridine rings is 1. The molecule has 1 aliphatic carbocycles. The molecule has 1 aliphatic heterocycles. The quantitative estimate of drug-likeness (QED) is 0.672. The maximum atomic E-state index is 5.96. The third-order valence-corrected chi connectivity index (χ3v) is 5.18. The molecule has 3 aromatic rings. The van der Waals surface area contributed by atoms with Gasteiger partial charge in [0, 0.05) is 49.6 Å². The predicted octanol–water partition coefficient (Wildman–Crippen LogP) is 2.84. The van der Waals surface area contributed by atoms with E-state index in [0.717, 1.165) is 36.8 Å². The zero-order chi connectivity index (χ0) is 18.1. The molecule has 2 fully saturated rings. The number of nitrogens with zero attached hydrogens (tertiary/aromatic N) is 6. The second kappa shape index (κ2) is 6.98. The summed E-state index contributed by atoms with van der Waals surface area (Å²) in [7, 11) is 0. The predicted molar refractivity (Wildman–Crippen MR) is 101 cm³/mol. The second-order valence-corrected chi connectivity index (χ2v) is 7.26. The van der Waals surface area contributed by atoms with E-state index >= 15 is 0 Å². The van der Waals surface area contributed by atoms with Gasteiger partial charge in [-0.15, -0.1) is 0 Å². The highest BCUT2D eigenvalue weighted by Crippen LogP contribution is 2.38. The van der Waals surface area contributed by atoms with E-state index in [-0.39, 0.29) is 0 Å². The lowest BCUT2D eigenvalue weighted by Crippen LogP contribution is -2.22. The Morgan fingerprint density at radius 3 is 2.81 bits per heavy atom. The van der Waals surface area contributed by atoms with Crippen LogP contribution in [-0.4, -0.2) is 44.4 Å². The largest absolute Gasteiger partial charge is 0.477 e. The molecule has 5 rings (SSSR count). The number of anilines is 1. The molecule has 3 aromatic heterocycles. The van der Waals surface area contributed by atoms with Crippen LogP contribution in [-0.2, 0) is 0 Å². The van der Waals surface area contributed by atoms with E-state index in [2.05, 4.69) is 31.0 Å². The minimum absolute atomic E-state index is 0.495. The number of rotatable bonds is 6. The molecule has 1 saturated heterocycles. The fourth-order valence-corrected chi connectivity index (χ4v) is 3.49. The first-order valence-electron chi connectivity index (χ1n) is 9.52. The summed E-state index contributed by atoms with van der Waals surface area (Å²) in [5, 5.41) is 4.21. The third-order valence-electron chi connectivity index (χ3n) is 5.18. The molecule has 2 aliphatic rings. The molecule has 27 heavy (non-hydrogen) atoms. The molecule has 0 aromatic carbocycles. The fraction of sp³-hybridized carbons (Fsp3) is 0.400. The Morgan fingerprint density at radius 2 is 2.04 bits per heavy atom. The van der Waals surface area contributed by atoms with Crippen LogP contribution in [0.15, 0.2) is 49.1 Å². The van der Waals surface area contributed by atoms with Gasteiger partial charge in [0.15, 0.2) is 5.82 Å². The van der Waals surface area contributed by atoms with E-state index in [1.54, 1.807) is 10.9 Å². The van der Waals surface area contributed by atoms with E-state index in [1.807, 2.05) is 36.8 Å². The molecule has 0 unspecified atom stereocenters. The molecular formula is C20H22N6O. The highest BCUT2D eigenvalue weighted by molar-refractivity contribution is 5.47. The summed E-state index contributed by atoms with van der Waals surface area (Å²) in [5.41, 5.74) is 1.14. The van der Waals surface area contributed by atoms with Crippen molar-refractivity contribution in [3.05, 3.63) is 54.9 Å². The van der Waals surface area contributed by atoms with Crippen LogP contribution in [0.1, 0.15) is 31.0 Å². The summed E-state index contributed by atoms with van der Waals surface area (Å²) in [6.07, 6.45) is 10.9. The van der Waals surface area contributed by atoms with Crippen molar-refractivity contribution in [3.63, 3.8) is 0 Å². The highest BCUT2D eigenvalue weighted by atomic mass is 16.5. The van der Waals surface area contributed by atoms with E-state index in [9.17, 15) is 0 Å².